The minimum atomic E-state index is -0.429. The van der Waals surface area contributed by atoms with Gasteiger partial charge in [-0.25, -0.2) is 14.9 Å². The van der Waals surface area contributed by atoms with Crippen molar-refractivity contribution < 1.29 is 9.59 Å². The second-order valence-electron chi connectivity index (χ2n) is 7.95. The second kappa shape index (κ2) is 6.41. The number of carbonyl (C=O) groups excluding carboxylic acids is 2. The van der Waals surface area contributed by atoms with Crippen LogP contribution in [-0.2, 0) is 9.59 Å². The Kier molecular flexibility index (Phi) is 4.09. The number of carbonyl (C=O) groups is 2. The SMILES string of the molecule is Cc1ccc([C@H]2[C@@H]3C(=O)N(c4ccc(C)c(Cl)c4)C(=O)[C@@H]3N3CCCN23)cc1. The van der Waals surface area contributed by atoms with E-state index >= 15 is 0 Å². The van der Waals surface area contributed by atoms with Crippen molar-refractivity contribution >= 4 is 29.1 Å². The van der Waals surface area contributed by atoms with Crippen LogP contribution in [0.3, 0.4) is 0 Å². The third kappa shape index (κ3) is 2.47. The summed E-state index contributed by atoms with van der Waals surface area (Å²) in [5.74, 6) is -0.665. The Labute approximate surface area is 169 Å². The van der Waals surface area contributed by atoms with Gasteiger partial charge in [0.05, 0.1) is 17.6 Å². The number of hydrogen-bond acceptors (Lipinski definition) is 4. The van der Waals surface area contributed by atoms with Gasteiger partial charge in [-0.1, -0.05) is 47.5 Å². The Bertz CT molecular complexity index is 974. The molecule has 6 heteroatoms. The van der Waals surface area contributed by atoms with E-state index in [0.29, 0.717) is 10.7 Å². The topological polar surface area (TPSA) is 43.9 Å². The smallest absolute Gasteiger partial charge is 0.253 e. The highest BCUT2D eigenvalue weighted by molar-refractivity contribution is 6.32. The molecule has 0 unspecified atom stereocenters. The van der Waals surface area contributed by atoms with E-state index in [1.54, 1.807) is 12.1 Å². The Morgan fingerprint density at radius 3 is 2.25 bits per heavy atom. The van der Waals surface area contributed by atoms with E-state index in [0.717, 1.165) is 30.6 Å². The van der Waals surface area contributed by atoms with Gasteiger partial charge < -0.3 is 0 Å². The molecule has 0 aliphatic carbocycles. The van der Waals surface area contributed by atoms with Gasteiger partial charge in [0.25, 0.3) is 5.91 Å². The number of hydrogen-bond donors (Lipinski definition) is 0. The number of hydrazine groups is 1. The lowest BCUT2D eigenvalue weighted by molar-refractivity contribution is -0.126. The van der Waals surface area contributed by atoms with E-state index in [4.69, 9.17) is 11.6 Å². The van der Waals surface area contributed by atoms with Crippen molar-refractivity contribution in [1.29, 1.82) is 0 Å². The second-order valence-corrected chi connectivity index (χ2v) is 8.36. The Hall–Kier alpha value is -2.21. The molecule has 2 aromatic rings. The minimum Gasteiger partial charge on any atom is -0.274 e. The van der Waals surface area contributed by atoms with E-state index in [9.17, 15) is 9.59 Å². The first-order chi connectivity index (χ1) is 13.5. The summed E-state index contributed by atoms with van der Waals surface area (Å²) >= 11 is 6.27. The summed E-state index contributed by atoms with van der Waals surface area (Å²) in [4.78, 5) is 28.2. The van der Waals surface area contributed by atoms with Crippen molar-refractivity contribution in [2.45, 2.75) is 32.4 Å². The highest BCUT2D eigenvalue weighted by Crippen LogP contribution is 2.49. The summed E-state index contributed by atoms with van der Waals surface area (Å²) < 4.78 is 0. The number of aryl methyl sites for hydroxylation is 2. The van der Waals surface area contributed by atoms with E-state index in [1.165, 1.54) is 10.5 Å². The molecule has 2 aromatic carbocycles. The number of amides is 2. The van der Waals surface area contributed by atoms with Crippen molar-refractivity contribution in [3.63, 3.8) is 0 Å². The van der Waals surface area contributed by atoms with Gasteiger partial charge in [-0.15, -0.1) is 0 Å². The highest BCUT2D eigenvalue weighted by atomic mass is 35.5. The van der Waals surface area contributed by atoms with E-state index in [2.05, 4.69) is 41.2 Å². The number of rotatable bonds is 2. The zero-order valence-corrected chi connectivity index (χ0v) is 16.7. The van der Waals surface area contributed by atoms with Crippen LogP contribution in [-0.4, -0.2) is 41.0 Å². The van der Waals surface area contributed by atoms with Crippen LogP contribution < -0.4 is 4.90 Å². The quantitative estimate of drug-likeness (QED) is 0.730. The van der Waals surface area contributed by atoms with Crippen LogP contribution >= 0.6 is 11.6 Å². The fraction of sp³-hybridized carbons (Fsp3) is 0.364. The molecule has 3 aliphatic rings. The van der Waals surface area contributed by atoms with Crippen molar-refractivity contribution in [3.8, 4) is 0 Å². The van der Waals surface area contributed by atoms with Crippen molar-refractivity contribution in [1.82, 2.24) is 10.0 Å². The maximum Gasteiger partial charge on any atom is 0.253 e. The lowest BCUT2D eigenvalue weighted by atomic mass is 9.89. The lowest BCUT2D eigenvalue weighted by Gasteiger charge is -2.30. The molecule has 144 valence electrons. The Morgan fingerprint density at radius 2 is 1.57 bits per heavy atom. The van der Waals surface area contributed by atoms with Gasteiger partial charge in [0.15, 0.2) is 0 Å². The molecule has 0 spiro atoms. The molecule has 3 saturated heterocycles. The number of halogens is 1. The number of benzene rings is 2. The monoisotopic (exact) mass is 395 g/mol. The molecule has 3 heterocycles. The Morgan fingerprint density at radius 1 is 0.893 bits per heavy atom. The third-order valence-electron chi connectivity index (χ3n) is 6.24. The molecule has 0 N–H and O–H groups in total. The third-order valence-corrected chi connectivity index (χ3v) is 6.65. The van der Waals surface area contributed by atoms with Gasteiger partial charge >= 0.3 is 0 Å². The standard InChI is InChI=1S/C22H22ClN3O2/c1-13-4-7-15(8-5-13)19-18-20(25-11-3-10-24(19)25)22(28)26(21(18)27)16-9-6-14(2)17(23)12-16/h4-9,12,18-20H,3,10-11H2,1-2H3/t18-,19-,20+/m0/s1. The number of imide groups is 1. The predicted octanol–water partition coefficient (Wildman–Crippen LogP) is 3.49. The molecule has 3 atom stereocenters. The summed E-state index contributed by atoms with van der Waals surface area (Å²) in [6.07, 6.45) is 1.00. The maximum absolute atomic E-state index is 13.5. The molecule has 3 aliphatic heterocycles. The molecule has 0 bridgehead atoms. The van der Waals surface area contributed by atoms with Gasteiger partial charge in [0, 0.05) is 18.1 Å². The lowest BCUT2D eigenvalue weighted by Crippen LogP contribution is -2.44. The molecule has 3 fully saturated rings. The summed E-state index contributed by atoms with van der Waals surface area (Å²) in [5, 5.41) is 4.91. The average molecular weight is 396 g/mol. The first-order valence-electron chi connectivity index (χ1n) is 9.71. The van der Waals surface area contributed by atoms with Gasteiger partial charge in [0.1, 0.15) is 6.04 Å². The molecular weight excluding hydrogens is 374 g/mol. The molecule has 2 amide bonds. The first kappa shape index (κ1) is 17.9. The Balaban J connectivity index is 1.58. The first-order valence-corrected chi connectivity index (χ1v) is 10.1. The maximum atomic E-state index is 13.5. The molecular formula is C22H22ClN3O2. The van der Waals surface area contributed by atoms with Crippen LogP contribution in [0.4, 0.5) is 5.69 Å². The zero-order valence-electron chi connectivity index (χ0n) is 15.9. The summed E-state index contributed by atoms with van der Waals surface area (Å²) in [6, 6.07) is 13.2. The number of fused-ring (bicyclic) bond motifs is 3. The van der Waals surface area contributed by atoms with E-state index < -0.39 is 12.0 Å². The van der Waals surface area contributed by atoms with Crippen LogP contribution in [0.15, 0.2) is 42.5 Å². The summed E-state index contributed by atoms with van der Waals surface area (Å²) in [5.41, 5.74) is 3.76. The van der Waals surface area contributed by atoms with Crippen molar-refractivity contribution in [2.24, 2.45) is 5.92 Å². The molecule has 28 heavy (non-hydrogen) atoms. The summed E-state index contributed by atoms with van der Waals surface area (Å²) in [7, 11) is 0. The van der Waals surface area contributed by atoms with Crippen LogP contribution in [0.25, 0.3) is 0 Å². The van der Waals surface area contributed by atoms with Crippen molar-refractivity contribution in [2.75, 3.05) is 18.0 Å². The van der Waals surface area contributed by atoms with Gasteiger partial charge in [0.2, 0.25) is 5.91 Å². The van der Waals surface area contributed by atoms with Crippen LogP contribution in [0.5, 0.6) is 0 Å². The fourth-order valence-corrected chi connectivity index (χ4v) is 5.03. The predicted molar refractivity (Wildman–Crippen MR) is 108 cm³/mol. The summed E-state index contributed by atoms with van der Waals surface area (Å²) in [6.45, 7) is 5.65. The molecule has 5 nitrogen and oxygen atoms in total. The van der Waals surface area contributed by atoms with Crippen LogP contribution in [0.2, 0.25) is 5.02 Å². The fourth-order valence-electron chi connectivity index (χ4n) is 4.85. The largest absolute Gasteiger partial charge is 0.274 e. The zero-order chi connectivity index (χ0) is 19.6. The highest BCUT2D eigenvalue weighted by Gasteiger charge is 2.62. The molecule has 0 saturated carbocycles. The minimum absolute atomic E-state index is 0.101. The van der Waals surface area contributed by atoms with Crippen molar-refractivity contribution in [3.05, 3.63) is 64.2 Å². The number of nitrogens with zero attached hydrogens (tertiary/aromatic N) is 3. The average Bonchev–Trinajstić information content (AvgIpc) is 3.31. The van der Waals surface area contributed by atoms with E-state index in [1.807, 2.05) is 13.0 Å². The normalized spacial score (nSPS) is 27.5. The van der Waals surface area contributed by atoms with Crippen LogP contribution in [0.1, 0.15) is 29.2 Å². The van der Waals surface area contributed by atoms with Crippen LogP contribution in [0, 0.1) is 19.8 Å². The molecule has 0 radical (unpaired) electrons. The van der Waals surface area contributed by atoms with Gasteiger partial charge in [-0.3, -0.25) is 9.59 Å². The number of anilines is 1. The van der Waals surface area contributed by atoms with Gasteiger partial charge in [-0.05, 0) is 43.5 Å². The molecule has 5 rings (SSSR count). The molecule has 0 aromatic heterocycles. The van der Waals surface area contributed by atoms with Gasteiger partial charge in [-0.2, -0.15) is 0 Å². The van der Waals surface area contributed by atoms with E-state index in [-0.39, 0.29) is 17.9 Å².